The summed E-state index contributed by atoms with van der Waals surface area (Å²) in [5, 5.41) is 2.07. The first-order valence-electron chi connectivity index (χ1n) is 4.58. The van der Waals surface area contributed by atoms with Crippen LogP contribution in [0.2, 0.25) is 0 Å². The highest BCUT2D eigenvalue weighted by atomic mass is 35.5. The minimum Gasteiger partial charge on any atom is -1.00 e. The van der Waals surface area contributed by atoms with E-state index in [0.717, 1.165) is 26.1 Å². The van der Waals surface area contributed by atoms with Gasteiger partial charge in [0, 0.05) is 13.0 Å². The van der Waals surface area contributed by atoms with E-state index in [-0.39, 0.29) is 18.3 Å². The van der Waals surface area contributed by atoms with Crippen LogP contribution < -0.4 is 17.7 Å². The second kappa shape index (κ2) is 7.53. The molecule has 0 aromatic carbocycles. The van der Waals surface area contributed by atoms with Crippen molar-refractivity contribution in [1.82, 2.24) is 4.90 Å². The number of rotatable bonds is 1. The quantitative estimate of drug-likeness (QED) is 0.484. The molecule has 0 atom stereocenters. The first-order chi connectivity index (χ1) is 6.34. The molecule has 5 heteroatoms. The molecule has 0 spiro atoms. The van der Waals surface area contributed by atoms with Crippen LogP contribution in [0, 0.1) is 0 Å². The van der Waals surface area contributed by atoms with Gasteiger partial charge in [0.25, 0.3) is 0 Å². The second-order valence-corrected chi connectivity index (χ2v) is 2.95. The second-order valence-electron chi connectivity index (χ2n) is 2.95. The molecule has 1 amide bonds. The van der Waals surface area contributed by atoms with Gasteiger partial charge in [-0.1, -0.05) is 6.58 Å². The molecule has 1 saturated heterocycles. The van der Waals surface area contributed by atoms with Crippen molar-refractivity contribution in [1.29, 1.82) is 0 Å². The summed E-state index contributed by atoms with van der Waals surface area (Å²) in [6.07, 6.45) is 5.15. The zero-order valence-electron chi connectivity index (χ0n) is 8.16. The fraction of sp³-hybridized carbons (Fsp3) is 0.556. The average Bonchev–Trinajstić information content (AvgIpc) is 2.76. The van der Waals surface area contributed by atoms with Crippen molar-refractivity contribution in [2.24, 2.45) is 4.99 Å². The lowest BCUT2D eigenvalue weighted by Crippen LogP contribution is -3.00. The van der Waals surface area contributed by atoms with Gasteiger partial charge in [0.05, 0.1) is 6.54 Å². The van der Waals surface area contributed by atoms with E-state index in [1.807, 2.05) is 6.34 Å². The minimum absolute atomic E-state index is 0. The number of halogens is 1. The normalized spacial score (nSPS) is 18.6. The van der Waals surface area contributed by atoms with Crippen LogP contribution in [-0.2, 0) is 4.79 Å². The maximum Gasteiger partial charge on any atom is 0.226 e. The van der Waals surface area contributed by atoms with Crippen molar-refractivity contribution in [2.75, 3.05) is 19.6 Å². The van der Waals surface area contributed by atoms with Crippen molar-refractivity contribution in [2.45, 2.75) is 12.8 Å². The Morgan fingerprint density at radius 3 is 2.64 bits per heavy atom. The number of hydrogen-bond acceptors (Lipinski definition) is 2. The van der Waals surface area contributed by atoms with Crippen LogP contribution in [0.4, 0.5) is 0 Å². The van der Waals surface area contributed by atoms with Gasteiger partial charge in [0.15, 0.2) is 6.34 Å². The summed E-state index contributed by atoms with van der Waals surface area (Å²) < 4.78 is 0. The molecule has 80 valence electrons. The van der Waals surface area contributed by atoms with Gasteiger partial charge in [-0.05, 0) is 12.6 Å². The Kier molecular flexibility index (Phi) is 7.06. The number of nitrogens with zero attached hydrogens (tertiary/aromatic N) is 2. The summed E-state index contributed by atoms with van der Waals surface area (Å²) in [7, 11) is 0. The monoisotopic (exact) mass is 217 g/mol. The number of quaternary nitrogens is 1. The van der Waals surface area contributed by atoms with Crippen LogP contribution in [0.15, 0.2) is 17.8 Å². The molecule has 2 rings (SSSR count). The molecule has 14 heavy (non-hydrogen) atoms. The Bertz CT molecular complexity index is 212. The molecule has 4 nitrogen and oxygen atoms in total. The van der Waals surface area contributed by atoms with Crippen LogP contribution in [0.3, 0.4) is 0 Å². The predicted molar refractivity (Wildman–Crippen MR) is 51.3 cm³/mol. The lowest BCUT2D eigenvalue weighted by molar-refractivity contribution is -0.518. The molecule has 0 aromatic heterocycles. The number of nitrogens with two attached hydrogens (primary N) is 1. The van der Waals surface area contributed by atoms with Crippen LogP contribution in [0.25, 0.3) is 0 Å². The number of amides is 1. The number of aliphatic imine (C=N–C) groups is 1. The van der Waals surface area contributed by atoms with Crippen molar-refractivity contribution in [3.8, 4) is 0 Å². The molecule has 0 unspecified atom stereocenters. The molecular formula is C9H16ClN3O. The SMILES string of the molecule is C1=NCC[NH2+]1.C=CN1CCCC1=O.[Cl-]. The highest BCUT2D eigenvalue weighted by Crippen LogP contribution is 2.08. The standard InChI is InChI=1S/C6H9NO.C3H6N2.ClH/c1-2-7-5-3-4-6(7)8;1-2-5-3-4-1;/h2H,1,3-5H2;3H,1-2H2,(H,4,5);1H. The smallest absolute Gasteiger partial charge is 0.226 e. The molecule has 0 radical (unpaired) electrons. The third-order valence-electron chi connectivity index (χ3n) is 1.97. The summed E-state index contributed by atoms with van der Waals surface area (Å²) in [4.78, 5) is 16.2. The van der Waals surface area contributed by atoms with E-state index < -0.39 is 0 Å². The highest BCUT2D eigenvalue weighted by Gasteiger charge is 2.15. The molecule has 2 aliphatic heterocycles. The van der Waals surface area contributed by atoms with E-state index in [1.165, 1.54) is 0 Å². The molecule has 1 fully saturated rings. The number of likely N-dealkylation sites (tertiary alicyclic amines) is 1. The topological polar surface area (TPSA) is 49.3 Å². The Morgan fingerprint density at radius 1 is 1.64 bits per heavy atom. The third-order valence-corrected chi connectivity index (χ3v) is 1.97. The molecule has 2 heterocycles. The first kappa shape index (κ1) is 13.1. The molecule has 0 aromatic rings. The van der Waals surface area contributed by atoms with Crippen molar-refractivity contribution in [3.63, 3.8) is 0 Å². The summed E-state index contributed by atoms with van der Waals surface area (Å²) in [5.74, 6) is 0.208. The van der Waals surface area contributed by atoms with Gasteiger partial charge >= 0.3 is 0 Å². The molecule has 0 bridgehead atoms. The maximum absolute atomic E-state index is 10.7. The van der Waals surface area contributed by atoms with E-state index in [2.05, 4.69) is 16.9 Å². The zero-order chi connectivity index (χ0) is 9.52. The molecule has 2 N–H and O–H groups in total. The number of carbonyl (C=O) groups is 1. The van der Waals surface area contributed by atoms with Crippen LogP contribution in [0.1, 0.15) is 12.8 Å². The fourth-order valence-electron chi connectivity index (χ4n) is 1.23. The number of hydrogen-bond donors (Lipinski definition) is 1. The van der Waals surface area contributed by atoms with E-state index >= 15 is 0 Å². The molecular weight excluding hydrogens is 202 g/mol. The molecule has 0 saturated carbocycles. The summed E-state index contributed by atoms with van der Waals surface area (Å²) >= 11 is 0. The van der Waals surface area contributed by atoms with Gasteiger partial charge in [0.1, 0.15) is 6.54 Å². The van der Waals surface area contributed by atoms with E-state index in [1.54, 1.807) is 11.1 Å². The van der Waals surface area contributed by atoms with Crippen molar-refractivity contribution in [3.05, 3.63) is 12.8 Å². The Morgan fingerprint density at radius 2 is 2.43 bits per heavy atom. The van der Waals surface area contributed by atoms with Crippen LogP contribution in [0.5, 0.6) is 0 Å². The predicted octanol–water partition coefficient (Wildman–Crippen LogP) is -3.65. The molecule has 2 aliphatic rings. The van der Waals surface area contributed by atoms with E-state index in [9.17, 15) is 4.79 Å². The summed E-state index contributed by atoms with van der Waals surface area (Å²) in [5.41, 5.74) is 0. The Hall–Kier alpha value is -0.870. The van der Waals surface area contributed by atoms with Crippen molar-refractivity contribution < 1.29 is 22.5 Å². The Labute approximate surface area is 90.5 Å². The number of carbonyl (C=O) groups excluding carboxylic acids is 1. The van der Waals surface area contributed by atoms with Gasteiger partial charge in [-0.25, -0.2) is 4.99 Å². The minimum atomic E-state index is 0. The fourth-order valence-corrected chi connectivity index (χ4v) is 1.23. The lowest BCUT2D eigenvalue weighted by Gasteiger charge is -2.05. The van der Waals surface area contributed by atoms with Gasteiger partial charge in [-0.2, -0.15) is 0 Å². The van der Waals surface area contributed by atoms with Gasteiger partial charge in [-0.3, -0.25) is 4.79 Å². The first-order valence-corrected chi connectivity index (χ1v) is 4.58. The summed E-state index contributed by atoms with van der Waals surface area (Å²) in [6, 6.07) is 0. The average molecular weight is 218 g/mol. The zero-order valence-corrected chi connectivity index (χ0v) is 8.91. The van der Waals surface area contributed by atoms with Gasteiger partial charge < -0.3 is 22.6 Å². The third kappa shape index (κ3) is 4.39. The summed E-state index contributed by atoms with van der Waals surface area (Å²) in [6.45, 7) is 6.53. The molecule has 0 aliphatic carbocycles. The van der Waals surface area contributed by atoms with Crippen LogP contribution >= 0.6 is 0 Å². The maximum atomic E-state index is 10.7. The Balaban J connectivity index is 0.000000246. The van der Waals surface area contributed by atoms with E-state index in [4.69, 9.17) is 0 Å². The van der Waals surface area contributed by atoms with E-state index in [0.29, 0.717) is 6.42 Å². The largest absolute Gasteiger partial charge is 1.00 e. The van der Waals surface area contributed by atoms with Gasteiger partial charge in [0.2, 0.25) is 5.91 Å². The highest BCUT2D eigenvalue weighted by molar-refractivity contribution is 5.78. The van der Waals surface area contributed by atoms with Gasteiger partial charge in [-0.15, -0.1) is 0 Å². The van der Waals surface area contributed by atoms with Crippen LogP contribution in [-0.4, -0.2) is 36.8 Å². The van der Waals surface area contributed by atoms with Crippen molar-refractivity contribution >= 4 is 12.2 Å². The lowest BCUT2D eigenvalue weighted by atomic mass is 10.4.